The highest BCUT2D eigenvalue weighted by molar-refractivity contribution is 6.16. The van der Waals surface area contributed by atoms with Crippen LogP contribution in [0.4, 0.5) is 0 Å². The Labute approximate surface area is 320 Å². The normalized spacial score (nSPS) is 11.9. The number of rotatable bonds is 4. The summed E-state index contributed by atoms with van der Waals surface area (Å²) in [7, 11) is 0. The zero-order chi connectivity index (χ0) is 36.7. The second-order valence-corrected chi connectivity index (χ2v) is 14.4. The van der Waals surface area contributed by atoms with Crippen LogP contribution in [0.1, 0.15) is 0 Å². The maximum absolute atomic E-state index is 6.71. The summed E-state index contributed by atoms with van der Waals surface area (Å²) in [5, 5.41) is 11.2. The van der Waals surface area contributed by atoms with Crippen molar-refractivity contribution in [2.24, 2.45) is 0 Å². The molecule has 0 saturated heterocycles. The van der Waals surface area contributed by atoms with E-state index in [1.165, 1.54) is 21.5 Å². The molecule has 0 atom stereocenters. The van der Waals surface area contributed by atoms with E-state index in [1.54, 1.807) is 0 Å². The summed E-state index contributed by atoms with van der Waals surface area (Å²) in [4.78, 5) is 16.0. The number of hydrogen-bond donors (Lipinski definition) is 0. The van der Waals surface area contributed by atoms with Crippen LogP contribution in [0.3, 0.4) is 0 Å². The van der Waals surface area contributed by atoms with E-state index in [2.05, 4.69) is 174 Å². The smallest absolute Gasteiger partial charge is 0.164 e. The van der Waals surface area contributed by atoms with Gasteiger partial charge in [0, 0.05) is 44.3 Å². The minimum absolute atomic E-state index is 0.579. The van der Waals surface area contributed by atoms with Gasteiger partial charge in [0.05, 0.1) is 16.7 Å². The van der Waals surface area contributed by atoms with Gasteiger partial charge in [0.1, 0.15) is 11.2 Å². The zero-order valence-corrected chi connectivity index (χ0v) is 30.0. The van der Waals surface area contributed by atoms with Crippen LogP contribution in [-0.4, -0.2) is 19.5 Å². The van der Waals surface area contributed by atoms with Crippen molar-refractivity contribution in [1.29, 1.82) is 0 Å². The fraction of sp³-hybridized carbons (Fsp3) is 0. The lowest BCUT2D eigenvalue weighted by Crippen LogP contribution is -2.02. The number of para-hydroxylation sites is 2. The van der Waals surface area contributed by atoms with Crippen LogP contribution in [0.2, 0.25) is 0 Å². The van der Waals surface area contributed by atoms with Gasteiger partial charge >= 0.3 is 0 Å². The van der Waals surface area contributed by atoms with E-state index < -0.39 is 0 Å². The van der Waals surface area contributed by atoms with Crippen LogP contribution < -0.4 is 0 Å². The first kappa shape index (κ1) is 30.8. The molecule has 0 saturated carbocycles. The molecule has 0 aliphatic rings. The number of aromatic nitrogens is 4. The molecule has 12 rings (SSSR count). The zero-order valence-electron chi connectivity index (χ0n) is 30.0. The summed E-state index contributed by atoms with van der Waals surface area (Å²) in [6.45, 7) is 0. The molecule has 0 N–H and O–H groups in total. The number of hydrogen-bond acceptors (Lipinski definition) is 4. The van der Waals surface area contributed by atoms with Crippen molar-refractivity contribution in [3.8, 4) is 39.9 Å². The van der Waals surface area contributed by atoms with Crippen molar-refractivity contribution >= 4 is 76.1 Å². The summed E-state index contributed by atoms with van der Waals surface area (Å²) in [5.74, 6) is 1.81. The minimum Gasteiger partial charge on any atom is -0.456 e. The Morgan fingerprint density at radius 2 is 0.857 bits per heavy atom. The predicted molar refractivity (Wildman–Crippen MR) is 230 cm³/mol. The highest BCUT2D eigenvalue weighted by Crippen LogP contribution is 2.42. The highest BCUT2D eigenvalue weighted by Gasteiger charge is 2.22. The van der Waals surface area contributed by atoms with E-state index in [1.807, 2.05) is 12.1 Å². The summed E-state index contributed by atoms with van der Waals surface area (Å²) in [6.07, 6.45) is 0. The average Bonchev–Trinajstić information content (AvgIpc) is 3.80. The van der Waals surface area contributed by atoms with Crippen molar-refractivity contribution in [3.63, 3.8) is 0 Å². The number of furan rings is 1. The second-order valence-electron chi connectivity index (χ2n) is 14.4. The topological polar surface area (TPSA) is 56.7 Å². The lowest BCUT2D eigenvalue weighted by Gasteiger charge is -2.14. The molecule has 0 amide bonds. The van der Waals surface area contributed by atoms with Gasteiger partial charge in [-0.1, -0.05) is 146 Å². The first-order chi connectivity index (χ1) is 27.7. The van der Waals surface area contributed by atoms with Gasteiger partial charge in [-0.2, -0.15) is 0 Å². The third-order valence-corrected chi connectivity index (χ3v) is 11.2. The maximum Gasteiger partial charge on any atom is 0.164 e. The molecule has 260 valence electrons. The molecule has 0 unspecified atom stereocenters. The van der Waals surface area contributed by atoms with Crippen molar-refractivity contribution in [1.82, 2.24) is 19.5 Å². The van der Waals surface area contributed by atoms with E-state index in [-0.39, 0.29) is 0 Å². The van der Waals surface area contributed by atoms with Crippen LogP contribution in [0.15, 0.2) is 186 Å². The molecule has 12 aromatic rings. The molecule has 56 heavy (non-hydrogen) atoms. The molecule has 0 fully saturated rings. The van der Waals surface area contributed by atoms with Crippen molar-refractivity contribution in [2.45, 2.75) is 0 Å². The third kappa shape index (κ3) is 4.64. The van der Waals surface area contributed by atoms with Gasteiger partial charge in [-0.15, -0.1) is 0 Å². The summed E-state index contributed by atoms with van der Waals surface area (Å²) >= 11 is 0. The standard InChI is InChI=1S/C51H30N4O/c1-2-16-34-28-45-42(27-33(34)15-1)38-21-7-9-25-44(38)55(45)35-29-43(48-41-22-8-10-26-46(41)56-47(48)30-35)51-53-49(39-23-11-17-31-13-3-5-19-36(31)39)52-50(54-51)40-24-12-18-32-14-4-6-20-37(32)40/h1-30H. The Bertz CT molecular complexity index is 3450. The first-order valence-corrected chi connectivity index (χ1v) is 18.9. The quantitative estimate of drug-likeness (QED) is 0.182. The lowest BCUT2D eigenvalue weighted by atomic mass is 10.0. The average molecular weight is 715 g/mol. The van der Waals surface area contributed by atoms with Crippen molar-refractivity contribution in [2.75, 3.05) is 0 Å². The Kier molecular flexibility index (Phi) is 6.56. The SMILES string of the molecule is c1ccc2cc3c(cc2c1)c1ccccc1n3-c1cc(-c2nc(-c3cccc4ccccc34)nc(-c3cccc4ccccc34)n2)c2c(c1)oc1ccccc12. The van der Waals surface area contributed by atoms with Crippen molar-refractivity contribution < 1.29 is 4.42 Å². The molecule has 9 aromatic carbocycles. The molecule has 0 spiro atoms. The second kappa shape index (κ2) is 11.9. The predicted octanol–water partition coefficient (Wildman–Crippen LogP) is 13.3. The number of fused-ring (bicyclic) bond motifs is 9. The van der Waals surface area contributed by atoms with E-state index in [9.17, 15) is 0 Å². The lowest BCUT2D eigenvalue weighted by molar-refractivity contribution is 0.668. The monoisotopic (exact) mass is 714 g/mol. The first-order valence-electron chi connectivity index (χ1n) is 18.9. The van der Waals surface area contributed by atoms with Gasteiger partial charge in [-0.3, -0.25) is 0 Å². The van der Waals surface area contributed by atoms with Gasteiger partial charge in [0.25, 0.3) is 0 Å². The van der Waals surface area contributed by atoms with Crippen LogP contribution >= 0.6 is 0 Å². The summed E-state index contributed by atoms with van der Waals surface area (Å²) in [6, 6.07) is 63.9. The Morgan fingerprint density at radius 3 is 1.54 bits per heavy atom. The molecular weight excluding hydrogens is 685 g/mol. The Balaban J connectivity index is 1.21. The van der Waals surface area contributed by atoms with Gasteiger partial charge in [0.15, 0.2) is 17.5 Å². The summed E-state index contributed by atoms with van der Waals surface area (Å²) < 4.78 is 9.06. The van der Waals surface area contributed by atoms with Crippen LogP contribution in [0.5, 0.6) is 0 Å². The van der Waals surface area contributed by atoms with Gasteiger partial charge < -0.3 is 8.98 Å². The van der Waals surface area contributed by atoms with E-state index in [4.69, 9.17) is 19.4 Å². The Morgan fingerprint density at radius 1 is 0.339 bits per heavy atom. The van der Waals surface area contributed by atoms with Gasteiger partial charge in [0.2, 0.25) is 0 Å². The molecule has 5 heteroatoms. The van der Waals surface area contributed by atoms with Gasteiger partial charge in [-0.25, -0.2) is 15.0 Å². The molecule has 3 heterocycles. The van der Waals surface area contributed by atoms with Crippen LogP contribution in [0.25, 0.3) is 116 Å². The van der Waals surface area contributed by atoms with Crippen molar-refractivity contribution in [3.05, 3.63) is 182 Å². The maximum atomic E-state index is 6.71. The van der Waals surface area contributed by atoms with E-state index >= 15 is 0 Å². The van der Waals surface area contributed by atoms with Crippen LogP contribution in [-0.2, 0) is 0 Å². The fourth-order valence-corrected chi connectivity index (χ4v) is 8.66. The molecule has 0 aliphatic heterocycles. The third-order valence-electron chi connectivity index (χ3n) is 11.2. The molecule has 3 aromatic heterocycles. The minimum atomic E-state index is 0.579. The number of benzene rings is 9. The molecule has 5 nitrogen and oxygen atoms in total. The fourth-order valence-electron chi connectivity index (χ4n) is 8.66. The molecule has 0 aliphatic carbocycles. The largest absolute Gasteiger partial charge is 0.456 e. The Hall–Kier alpha value is -7.63. The van der Waals surface area contributed by atoms with E-state index in [0.717, 1.165) is 76.9 Å². The van der Waals surface area contributed by atoms with Crippen LogP contribution in [0, 0.1) is 0 Å². The number of nitrogens with zero attached hydrogens (tertiary/aromatic N) is 4. The summed E-state index contributed by atoms with van der Waals surface area (Å²) in [5.41, 5.74) is 7.55. The molecule has 0 radical (unpaired) electrons. The highest BCUT2D eigenvalue weighted by atomic mass is 16.3. The van der Waals surface area contributed by atoms with E-state index in [0.29, 0.717) is 17.5 Å². The molecule has 0 bridgehead atoms. The molecular formula is C51H30N4O. The van der Waals surface area contributed by atoms with Gasteiger partial charge in [-0.05, 0) is 62.6 Å².